The van der Waals surface area contributed by atoms with Gasteiger partial charge in [-0.1, -0.05) is 19.9 Å². The molecule has 0 saturated carbocycles. The highest BCUT2D eigenvalue weighted by atomic mass is 19.1. The lowest BCUT2D eigenvalue weighted by Gasteiger charge is -2.36. The minimum absolute atomic E-state index is 0.195. The summed E-state index contributed by atoms with van der Waals surface area (Å²) in [6.45, 7) is 9.81. The van der Waals surface area contributed by atoms with Crippen LogP contribution in [0.4, 0.5) is 14.9 Å². The van der Waals surface area contributed by atoms with Gasteiger partial charge in [-0.15, -0.1) is 0 Å². The van der Waals surface area contributed by atoms with Crippen molar-refractivity contribution in [3.8, 4) is 0 Å². The molecule has 1 atom stereocenters. The van der Waals surface area contributed by atoms with Crippen LogP contribution in [-0.4, -0.2) is 49.8 Å². The van der Waals surface area contributed by atoms with E-state index < -0.39 is 5.82 Å². The second kappa shape index (κ2) is 8.26. The first kappa shape index (κ1) is 17.7. The van der Waals surface area contributed by atoms with E-state index in [1.54, 1.807) is 12.1 Å². The van der Waals surface area contributed by atoms with Gasteiger partial charge in [0.15, 0.2) is 0 Å². The molecule has 0 spiro atoms. The minimum atomic E-state index is -0.422. The summed E-state index contributed by atoms with van der Waals surface area (Å²) in [6, 6.07) is 4.61. The summed E-state index contributed by atoms with van der Waals surface area (Å²) in [6.07, 6.45) is 0. The maximum Gasteiger partial charge on any atom is 0.319 e. The number of carbonyl (C=O) groups is 1. The second-order valence-electron chi connectivity index (χ2n) is 6.28. The molecule has 0 radical (unpaired) electrons. The Morgan fingerprint density at radius 3 is 2.65 bits per heavy atom. The Labute approximate surface area is 137 Å². The van der Waals surface area contributed by atoms with Gasteiger partial charge in [0, 0.05) is 25.7 Å². The first-order chi connectivity index (χ1) is 11.0. The van der Waals surface area contributed by atoms with Gasteiger partial charge >= 0.3 is 6.03 Å². The number of carbonyl (C=O) groups excluding carboxylic acids is 1. The quantitative estimate of drug-likeness (QED) is 0.876. The number of hydrogen-bond acceptors (Lipinski definition) is 3. The summed E-state index contributed by atoms with van der Waals surface area (Å²) in [5.74, 6) is -0.0155. The zero-order chi connectivity index (χ0) is 16.8. The third kappa shape index (κ3) is 5.18. The number of morpholine rings is 1. The molecule has 1 unspecified atom stereocenters. The SMILES string of the molecule is Cc1ccc(NC(=O)NCC(C(C)C)N2CCOCC2)c(F)c1. The van der Waals surface area contributed by atoms with Crippen LogP contribution in [0.15, 0.2) is 18.2 Å². The van der Waals surface area contributed by atoms with E-state index >= 15 is 0 Å². The number of halogens is 1. The van der Waals surface area contributed by atoms with Gasteiger partial charge in [0.2, 0.25) is 0 Å². The zero-order valence-electron chi connectivity index (χ0n) is 14.1. The van der Waals surface area contributed by atoms with E-state index in [1.165, 1.54) is 6.07 Å². The number of aryl methyl sites for hydroxylation is 1. The Hall–Kier alpha value is -1.66. The topological polar surface area (TPSA) is 53.6 Å². The zero-order valence-corrected chi connectivity index (χ0v) is 14.1. The predicted molar refractivity (Wildman–Crippen MR) is 89.2 cm³/mol. The van der Waals surface area contributed by atoms with Crippen molar-refractivity contribution in [3.63, 3.8) is 0 Å². The van der Waals surface area contributed by atoms with Crippen molar-refractivity contribution in [3.05, 3.63) is 29.6 Å². The van der Waals surface area contributed by atoms with Crippen molar-refractivity contribution in [1.82, 2.24) is 10.2 Å². The first-order valence-corrected chi connectivity index (χ1v) is 8.10. The van der Waals surface area contributed by atoms with Gasteiger partial charge in [-0.25, -0.2) is 9.18 Å². The molecule has 0 bridgehead atoms. The van der Waals surface area contributed by atoms with Crippen LogP contribution in [0.3, 0.4) is 0 Å². The number of urea groups is 1. The predicted octanol–water partition coefficient (Wildman–Crippen LogP) is 2.61. The van der Waals surface area contributed by atoms with E-state index in [0.29, 0.717) is 12.5 Å². The molecule has 5 nitrogen and oxygen atoms in total. The van der Waals surface area contributed by atoms with E-state index in [0.717, 1.165) is 31.9 Å². The molecule has 0 aromatic heterocycles. The molecule has 1 saturated heterocycles. The number of hydrogen-bond donors (Lipinski definition) is 2. The van der Waals surface area contributed by atoms with Crippen molar-refractivity contribution in [2.45, 2.75) is 26.8 Å². The lowest BCUT2D eigenvalue weighted by Crippen LogP contribution is -2.51. The monoisotopic (exact) mass is 323 g/mol. The Bertz CT molecular complexity index is 531. The van der Waals surface area contributed by atoms with Crippen molar-refractivity contribution in [2.24, 2.45) is 5.92 Å². The smallest absolute Gasteiger partial charge is 0.319 e. The first-order valence-electron chi connectivity index (χ1n) is 8.10. The molecule has 0 aliphatic carbocycles. The molecule has 1 aliphatic rings. The third-order valence-corrected chi connectivity index (χ3v) is 4.13. The molecule has 2 rings (SSSR count). The molecule has 1 aromatic carbocycles. The highest BCUT2D eigenvalue weighted by Crippen LogP contribution is 2.15. The molecular weight excluding hydrogens is 297 g/mol. The fraction of sp³-hybridized carbons (Fsp3) is 0.588. The van der Waals surface area contributed by atoms with Crippen LogP contribution in [0.25, 0.3) is 0 Å². The highest BCUT2D eigenvalue weighted by molar-refractivity contribution is 5.89. The van der Waals surface area contributed by atoms with E-state index in [9.17, 15) is 9.18 Å². The standard InChI is InChI=1S/C17H26FN3O2/c1-12(2)16(21-6-8-23-9-7-21)11-19-17(22)20-15-5-4-13(3)10-14(15)18/h4-5,10,12,16H,6-9,11H2,1-3H3,(H2,19,20,22). The van der Waals surface area contributed by atoms with E-state index in [4.69, 9.17) is 4.74 Å². The Morgan fingerprint density at radius 1 is 1.35 bits per heavy atom. The summed E-state index contributed by atoms with van der Waals surface area (Å²) in [5, 5.41) is 5.42. The number of anilines is 1. The Balaban J connectivity index is 1.88. The Morgan fingerprint density at radius 2 is 2.04 bits per heavy atom. The molecule has 23 heavy (non-hydrogen) atoms. The number of benzene rings is 1. The molecule has 6 heteroatoms. The lowest BCUT2D eigenvalue weighted by atomic mass is 10.0. The van der Waals surface area contributed by atoms with Crippen molar-refractivity contribution >= 4 is 11.7 Å². The van der Waals surface area contributed by atoms with Gasteiger partial charge in [0.1, 0.15) is 5.82 Å². The molecule has 128 valence electrons. The summed E-state index contributed by atoms with van der Waals surface area (Å²) in [4.78, 5) is 14.4. The summed E-state index contributed by atoms with van der Waals surface area (Å²) >= 11 is 0. The average Bonchev–Trinajstić information content (AvgIpc) is 2.51. The van der Waals surface area contributed by atoms with E-state index in [2.05, 4.69) is 29.4 Å². The molecule has 2 amide bonds. The maximum atomic E-state index is 13.8. The van der Waals surface area contributed by atoms with Crippen molar-refractivity contribution in [2.75, 3.05) is 38.2 Å². The summed E-state index contributed by atoms with van der Waals surface area (Å²) in [7, 11) is 0. The van der Waals surface area contributed by atoms with Crippen molar-refractivity contribution < 1.29 is 13.9 Å². The van der Waals surface area contributed by atoms with E-state index in [1.807, 2.05) is 6.92 Å². The van der Waals surface area contributed by atoms with Gasteiger partial charge in [0.05, 0.1) is 18.9 Å². The number of ether oxygens (including phenoxy) is 1. The second-order valence-corrected chi connectivity index (χ2v) is 6.28. The van der Waals surface area contributed by atoms with Gasteiger partial charge in [-0.2, -0.15) is 0 Å². The highest BCUT2D eigenvalue weighted by Gasteiger charge is 2.24. The molecular formula is C17H26FN3O2. The van der Waals surface area contributed by atoms with Gasteiger partial charge in [-0.05, 0) is 30.5 Å². The third-order valence-electron chi connectivity index (χ3n) is 4.13. The Kier molecular flexibility index (Phi) is 6.36. The summed E-state index contributed by atoms with van der Waals surface area (Å²) in [5.41, 5.74) is 1.02. The number of nitrogens with zero attached hydrogens (tertiary/aromatic N) is 1. The molecule has 1 aromatic rings. The maximum absolute atomic E-state index is 13.8. The largest absolute Gasteiger partial charge is 0.379 e. The number of nitrogens with one attached hydrogen (secondary N) is 2. The van der Waals surface area contributed by atoms with Gasteiger partial charge in [-0.3, -0.25) is 4.90 Å². The van der Waals surface area contributed by atoms with Crippen LogP contribution in [0.2, 0.25) is 0 Å². The fourth-order valence-electron chi connectivity index (χ4n) is 2.78. The molecule has 2 N–H and O–H groups in total. The van der Waals surface area contributed by atoms with Crippen LogP contribution >= 0.6 is 0 Å². The van der Waals surface area contributed by atoms with Crippen LogP contribution in [-0.2, 0) is 4.74 Å². The number of amides is 2. The van der Waals surface area contributed by atoms with E-state index in [-0.39, 0.29) is 17.8 Å². The van der Waals surface area contributed by atoms with Crippen LogP contribution in [0.5, 0.6) is 0 Å². The normalized spacial score (nSPS) is 17.1. The molecule has 1 aliphatic heterocycles. The van der Waals surface area contributed by atoms with Crippen LogP contribution < -0.4 is 10.6 Å². The molecule has 1 heterocycles. The van der Waals surface area contributed by atoms with Crippen LogP contribution in [0.1, 0.15) is 19.4 Å². The van der Waals surface area contributed by atoms with Crippen molar-refractivity contribution in [1.29, 1.82) is 0 Å². The summed E-state index contributed by atoms with van der Waals surface area (Å²) < 4.78 is 19.1. The van der Waals surface area contributed by atoms with Crippen LogP contribution in [0, 0.1) is 18.7 Å². The fourth-order valence-corrected chi connectivity index (χ4v) is 2.78. The van der Waals surface area contributed by atoms with Gasteiger partial charge in [0.25, 0.3) is 0 Å². The number of rotatable bonds is 5. The average molecular weight is 323 g/mol. The minimum Gasteiger partial charge on any atom is -0.379 e. The molecule has 1 fully saturated rings. The van der Waals surface area contributed by atoms with Gasteiger partial charge < -0.3 is 15.4 Å². The lowest BCUT2D eigenvalue weighted by molar-refractivity contribution is 0.00728.